The lowest BCUT2D eigenvalue weighted by Gasteiger charge is -2.13. The van der Waals surface area contributed by atoms with E-state index in [1.165, 1.54) is 36.4 Å². The van der Waals surface area contributed by atoms with Crippen LogP contribution in [0.2, 0.25) is 30.4 Å². The van der Waals surface area contributed by atoms with E-state index in [9.17, 15) is 17.6 Å². The number of nitrogens with zero attached hydrogens (tertiary/aromatic N) is 4. The first-order valence-corrected chi connectivity index (χ1v) is 25.7. The van der Waals surface area contributed by atoms with Crippen molar-refractivity contribution in [1.82, 2.24) is 19.9 Å². The van der Waals surface area contributed by atoms with Crippen LogP contribution in [0.15, 0.2) is 131 Å². The molecule has 0 fully saturated rings. The lowest BCUT2D eigenvalue weighted by Crippen LogP contribution is -1.95. The van der Waals surface area contributed by atoms with Crippen molar-refractivity contribution in [1.29, 1.82) is 0 Å². The molecule has 0 bridgehead atoms. The molecular formula is C54H38Cl6F4N4S2. The van der Waals surface area contributed by atoms with Gasteiger partial charge in [0.05, 0.1) is 64.3 Å². The Morgan fingerprint density at radius 1 is 0.386 bits per heavy atom. The van der Waals surface area contributed by atoms with Gasteiger partial charge in [-0.05, 0) is 112 Å². The maximum absolute atomic E-state index is 14.0. The van der Waals surface area contributed by atoms with Crippen LogP contribution in [0.5, 0.6) is 0 Å². The Balaban J connectivity index is 0.000000140. The van der Waals surface area contributed by atoms with Crippen molar-refractivity contribution in [3.8, 4) is 22.5 Å². The Kier molecular flexibility index (Phi) is 17.5. The summed E-state index contributed by atoms with van der Waals surface area (Å²) in [6.45, 7) is 7.32. The highest BCUT2D eigenvalue weighted by Gasteiger charge is 2.18. The third-order valence-electron chi connectivity index (χ3n) is 11.1. The predicted octanol–water partition coefficient (Wildman–Crippen LogP) is 19.4. The van der Waals surface area contributed by atoms with E-state index in [0.717, 1.165) is 54.2 Å². The second-order valence-corrected chi connectivity index (χ2v) is 19.4. The van der Waals surface area contributed by atoms with Crippen molar-refractivity contribution < 1.29 is 17.6 Å². The third-order valence-corrected chi connectivity index (χ3v) is 15.3. The largest absolute Gasteiger partial charge is 0.247 e. The van der Waals surface area contributed by atoms with Crippen LogP contribution in [-0.2, 0) is 0 Å². The summed E-state index contributed by atoms with van der Waals surface area (Å²) in [6.07, 6.45) is 4.05. The molecule has 0 saturated carbocycles. The Hall–Kier alpha value is -4.88. The Bertz CT molecular complexity index is 3560. The molecule has 0 atom stereocenters. The summed E-state index contributed by atoms with van der Waals surface area (Å²) in [5.74, 6) is -1.36. The molecule has 0 aliphatic rings. The summed E-state index contributed by atoms with van der Waals surface area (Å²) in [4.78, 5) is 19.6. The number of rotatable bonds is 4. The summed E-state index contributed by atoms with van der Waals surface area (Å²) >= 11 is 39.8. The first kappa shape index (κ1) is 52.9. The number of aromatic nitrogens is 4. The average molecular weight is 1100 g/mol. The van der Waals surface area contributed by atoms with Gasteiger partial charge in [-0.1, -0.05) is 118 Å². The van der Waals surface area contributed by atoms with E-state index < -0.39 is 0 Å². The smallest absolute Gasteiger partial charge is 0.134 e. The van der Waals surface area contributed by atoms with E-state index in [1.807, 2.05) is 74.9 Å². The summed E-state index contributed by atoms with van der Waals surface area (Å²) in [7, 11) is 0. The monoisotopic (exact) mass is 1090 g/mol. The lowest BCUT2D eigenvalue weighted by molar-refractivity contribution is 0.629. The first-order valence-electron chi connectivity index (χ1n) is 21.0. The molecule has 0 N–H and O–H groups in total. The van der Waals surface area contributed by atoms with E-state index >= 15 is 0 Å². The zero-order valence-corrected chi connectivity index (χ0v) is 44.1. The Morgan fingerprint density at radius 3 is 1.24 bits per heavy atom. The van der Waals surface area contributed by atoms with Crippen molar-refractivity contribution in [2.75, 3.05) is 12.5 Å². The standard InChI is InChI=1S/2C17H13ClFNS.2C10H6Cl2FN/c1-10-16(18)15-12(19)7-5-8-13(15)20-17(10)11-6-3-4-9-14(11)21-2;1-10-16(18)12-8-7-11(19)9-14(12)20-17(10)13-5-3-4-6-15(13)21-2;1-5-9(11)7-3-2-6(13)4-8(7)14-10(5)12;1-5-9(11)8-6(13)3-2-4-7(8)14-10(5)12/h2*3-9H,1-2H3;2*2-4H,1H3. The number of thioether (sulfide) groups is 2. The fraction of sp³-hybridized carbons (Fsp3) is 0.111. The van der Waals surface area contributed by atoms with Gasteiger partial charge in [0.1, 0.15) is 33.6 Å². The molecule has 6 aromatic carbocycles. The highest BCUT2D eigenvalue weighted by atomic mass is 35.5. The fourth-order valence-corrected chi connectivity index (χ4v) is 10.1. The van der Waals surface area contributed by atoms with Gasteiger partial charge >= 0.3 is 0 Å². The van der Waals surface area contributed by atoms with Crippen LogP contribution in [0.1, 0.15) is 22.3 Å². The van der Waals surface area contributed by atoms with Crippen LogP contribution >= 0.6 is 93.1 Å². The second kappa shape index (κ2) is 23.1. The maximum atomic E-state index is 14.0. The first-order chi connectivity index (χ1) is 33.4. The quantitative estimate of drug-likeness (QED) is 0.0994. The molecular weight excluding hydrogens is 1060 g/mol. The molecule has 0 aliphatic carbocycles. The molecule has 10 aromatic rings. The van der Waals surface area contributed by atoms with Crippen LogP contribution in [0.25, 0.3) is 66.1 Å². The van der Waals surface area contributed by atoms with E-state index in [-0.39, 0.29) is 23.3 Å². The summed E-state index contributed by atoms with van der Waals surface area (Å²) in [6, 6.07) is 34.3. The lowest BCUT2D eigenvalue weighted by atomic mass is 10.0. The molecule has 4 nitrogen and oxygen atoms in total. The van der Waals surface area contributed by atoms with Crippen molar-refractivity contribution in [2.45, 2.75) is 37.5 Å². The van der Waals surface area contributed by atoms with Crippen molar-refractivity contribution >= 4 is 137 Å². The second-order valence-electron chi connectivity index (χ2n) is 15.5. The van der Waals surface area contributed by atoms with E-state index in [4.69, 9.17) is 69.6 Å². The molecule has 0 unspecified atom stereocenters. The molecule has 0 radical (unpaired) electrons. The van der Waals surface area contributed by atoms with Crippen molar-refractivity contribution in [3.63, 3.8) is 0 Å². The van der Waals surface area contributed by atoms with Gasteiger partial charge in [0.25, 0.3) is 0 Å². The summed E-state index contributed by atoms with van der Waals surface area (Å²) in [5.41, 5.74) is 8.81. The van der Waals surface area contributed by atoms with Crippen LogP contribution in [0, 0.1) is 51.0 Å². The van der Waals surface area contributed by atoms with Gasteiger partial charge in [-0.25, -0.2) is 37.5 Å². The predicted molar refractivity (Wildman–Crippen MR) is 290 cm³/mol. The summed E-state index contributed by atoms with van der Waals surface area (Å²) < 4.78 is 53.7. The van der Waals surface area contributed by atoms with Gasteiger partial charge in [0, 0.05) is 54.9 Å². The Morgan fingerprint density at radius 2 is 0.757 bits per heavy atom. The zero-order chi connectivity index (χ0) is 50.6. The minimum Gasteiger partial charge on any atom is -0.247 e. The molecule has 16 heteroatoms. The molecule has 70 heavy (non-hydrogen) atoms. The average Bonchev–Trinajstić information content (AvgIpc) is 3.35. The highest BCUT2D eigenvalue weighted by Crippen LogP contribution is 2.39. The van der Waals surface area contributed by atoms with Gasteiger partial charge in [0.2, 0.25) is 0 Å². The molecule has 4 aromatic heterocycles. The van der Waals surface area contributed by atoms with Crippen molar-refractivity contribution in [2.24, 2.45) is 0 Å². The van der Waals surface area contributed by atoms with E-state index in [1.54, 1.807) is 73.8 Å². The van der Waals surface area contributed by atoms with Gasteiger partial charge in [-0.3, -0.25) is 0 Å². The van der Waals surface area contributed by atoms with Gasteiger partial charge in [0.15, 0.2) is 0 Å². The molecule has 356 valence electrons. The number of fused-ring (bicyclic) bond motifs is 4. The fourth-order valence-electron chi connectivity index (χ4n) is 7.37. The number of hydrogen-bond acceptors (Lipinski definition) is 6. The molecule has 0 aliphatic heterocycles. The minimum atomic E-state index is -0.375. The number of pyridine rings is 4. The molecule has 10 rings (SSSR count). The topological polar surface area (TPSA) is 51.6 Å². The van der Waals surface area contributed by atoms with Crippen LogP contribution in [0.3, 0.4) is 0 Å². The van der Waals surface area contributed by atoms with Gasteiger partial charge in [-0.2, -0.15) is 0 Å². The van der Waals surface area contributed by atoms with Gasteiger partial charge < -0.3 is 0 Å². The molecule has 0 spiro atoms. The van der Waals surface area contributed by atoms with Crippen molar-refractivity contribution in [3.05, 3.63) is 197 Å². The SMILES string of the molecule is CSc1ccccc1-c1nc2cc(F)ccc2c(Cl)c1C.CSc1ccccc1-c1nc2cccc(F)c2c(Cl)c1C.Cc1c(Cl)nc2cc(F)ccc2c1Cl.Cc1c(Cl)nc2cccc(F)c2c1Cl. The minimum absolute atomic E-state index is 0.306. The normalized spacial score (nSPS) is 11.0. The van der Waals surface area contributed by atoms with Crippen LogP contribution in [0.4, 0.5) is 17.6 Å². The number of benzene rings is 6. The van der Waals surface area contributed by atoms with Crippen LogP contribution < -0.4 is 0 Å². The maximum Gasteiger partial charge on any atom is 0.134 e. The van der Waals surface area contributed by atoms with Crippen LogP contribution in [-0.4, -0.2) is 32.4 Å². The number of hydrogen-bond donors (Lipinski definition) is 0. The molecule has 4 heterocycles. The number of halogens is 10. The third kappa shape index (κ3) is 11.3. The summed E-state index contributed by atoms with van der Waals surface area (Å²) in [5, 5.41) is 4.77. The van der Waals surface area contributed by atoms with E-state index in [2.05, 4.69) is 19.9 Å². The van der Waals surface area contributed by atoms with Gasteiger partial charge in [-0.15, -0.1) is 23.5 Å². The highest BCUT2D eigenvalue weighted by molar-refractivity contribution is 7.99. The van der Waals surface area contributed by atoms with E-state index in [0.29, 0.717) is 74.4 Å². The molecule has 0 saturated heterocycles. The molecule has 0 amide bonds. The Labute approximate surface area is 440 Å². The zero-order valence-electron chi connectivity index (χ0n) is 37.9.